The molecule has 0 aliphatic heterocycles. The van der Waals surface area contributed by atoms with Gasteiger partial charge in [-0.2, -0.15) is 5.10 Å². The molecule has 0 bridgehead atoms. The third kappa shape index (κ3) is 2.91. The van der Waals surface area contributed by atoms with Gasteiger partial charge in [0.1, 0.15) is 0 Å². The summed E-state index contributed by atoms with van der Waals surface area (Å²) in [7, 11) is 0. The van der Waals surface area contributed by atoms with Gasteiger partial charge in [-0.1, -0.05) is 45.7 Å². The van der Waals surface area contributed by atoms with Crippen LogP contribution in [0.5, 0.6) is 0 Å². The molecule has 3 rings (SSSR count). The van der Waals surface area contributed by atoms with E-state index in [0.29, 0.717) is 16.4 Å². The van der Waals surface area contributed by atoms with E-state index in [1.54, 1.807) is 30.3 Å². The molecule has 0 amide bonds. The summed E-state index contributed by atoms with van der Waals surface area (Å²) < 4.78 is 2.33. The van der Waals surface area contributed by atoms with Gasteiger partial charge < -0.3 is 5.11 Å². The summed E-state index contributed by atoms with van der Waals surface area (Å²) in [5, 5.41) is 14.3. The van der Waals surface area contributed by atoms with Crippen molar-refractivity contribution in [3.8, 4) is 16.9 Å². The molecule has 0 saturated heterocycles. The Balaban J connectivity index is 2.14. The first-order valence-electron chi connectivity index (χ1n) is 6.40. The van der Waals surface area contributed by atoms with Crippen molar-refractivity contribution in [2.45, 2.75) is 0 Å². The monoisotopic (exact) mass is 376 g/mol. The second-order valence-corrected chi connectivity index (χ2v) is 5.97. The van der Waals surface area contributed by atoms with Crippen molar-refractivity contribution < 1.29 is 9.90 Å². The molecule has 6 heteroatoms. The van der Waals surface area contributed by atoms with Crippen molar-refractivity contribution in [3.63, 3.8) is 0 Å². The topological polar surface area (TPSA) is 55.1 Å². The predicted octanol–water partition coefficient (Wildman–Crippen LogP) is 4.65. The summed E-state index contributed by atoms with van der Waals surface area (Å²) in [6.45, 7) is 0. The second kappa shape index (κ2) is 5.94. The van der Waals surface area contributed by atoms with Crippen LogP contribution in [0.15, 0.2) is 59.1 Å². The average molecular weight is 378 g/mol. The van der Waals surface area contributed by atoms with Crippen LogP contribution in [0.25, 0.3) is 16.9 Å². The molecule has 0 fully saturated rings. The van der Waals surface area contributed by atoms with Crippen LogP contribution in [-0.2, 0) is 0 Å². The maximum absolute atomic E-state index is 11.5. The molecule has 1 aromatic heterocycles. The number of hydrogen-bond acceptors (Lipinski definition) is 2. The number of aromatic carboxylic acids is 1. The fourth-order valence-corrected chi connectivity index (χ4v) is 2.55. The van der Waals surface area contributed by atoms with E-state index in [1.807, 2.05) is 24.3 Å². The highest BCUT2D eigenvalue weighted by Crippen LogP contribution is 2.24. The van der Waals surface area contributed by atoms with Crippen molar-refractivity contribution in [2.75, 3.05) is 0 Å². The lowest BCUT2D eigenvalue weighted by atomic mass is 10.1. The van der Waals surface area contributed by atoms with E-state index >= 15 is 0 Å². The van der Waals surface area contributed by atoms with Crippen molar-refractivity contribution in [1.29, 1.82) is 0 Å². The predicted molar refractivity (Wildman–Crippen MR) is 88.7 cm³/mol. The Morgan fingerprint density at radius 3 is 2.50 bits per heavy atom. The quantitative estimate of drug-likeness (QED) is 0.722. The van der Waals surface area contributed by atoms with Crippen LogP contribution >= 0.6 is 27.5 Å². The lowest BCUT2D eigenvalue weighted by Crippen LogP contribution is -2.07. The average Bonchev–Trinajstić information content (AvgIpc) is 2.93. The molecule has 22 heavy (non-hydrogen) atoms. The summed E-state index contributed by atoms with van der Waals surface area (Å²) in [4.78, 5) is 11.5. The lowest BCUT2D eigenvalue weighted by molar-refractivity contribution is 0.0687. The van der Waals surface area contributed by atoms with Gasteiger partial charge in [-0.05, 0) is 36.4 Å². The number of carbonyl (C=O) groups is 1. The van der Waals surface area contributed by atoms with Crippen LogP contribution in [0.4, 0.5) is 0 Å². The Kier molecular flexibility index (Phi) is 4.00. The normalized spacial score (nSPS) is 10.6. The zero-order chi connectivity index (χ0) is 15.7. The van der Waals surface area contributed by atoms with Crippen molar-refractivity contribution in [1.82, 2.24) is 9.78 Å². The molecule has 0 aliphatic rings. The number of rotatable bonds is 3. The summed E-state index contributed by atoms with van der Waals surface area (Å²) in [6.07, 6.45) is 0. The van der Waals surface area contributed by atoms with E-state index < -0.39 is 5.97 Å². The van der Waals surface area contributed by atoms with Crippen molar-refractivity contribution >= 4 is 33.5 Å². The zero-order valence-electron chi connectivity index (χ0n) is 11.2. The highest BCUT2D eigenvalue weighted by Gasteiger charge is 2.16. The third-order valence-corrected chi connectivity index (χ3v) is 3.88. The molecular formula is C16H10BrClN2O2. The minimum Gasteiger partial charge on any atom is -0.477 e. The number of hydrogen-bond donors (Lipinski definition) is 1. The van der Waals surface area contributed by atoms with Gasteiger partial charge in [0, 0.05) is 15.1 Å². The molecule has 0 aliphatic carbocycles. The lowest BCUT2D eigenvalue weighted by Gasteiger charge is -2.04. The highest BCUT2D eigenvalue weighted by molar-refractivity contribution is 9.10. The van der Waals surface area contributed by atoms with Gasteiger partial charge in [-0.3, -0.25) is 0 Å². The van der Waals surface area contributed by atoms with E-state index in [2.05, 4.69) is 21.0 Å². The first-order chi connectivity index (χ1) is 10.5. The minimum atomic E-state index is -1.05. The smallest absolute Gasteiger partial charge is 0.354 e. The molecule has 110 valence electrons. The summed E-state index contributed by atoms with van der Waals surface area (Å²) in [5.74, 6) is -1.05. The Morgan fingerprint density at radius 2 is 1.86 bits per heavy atom. The maximum atomic E-state index is 11.5. The number of carboxylic acids is 1. The number of aromatic nitrogens is 2. The van der Waals surface area contributed by atoms with Crippen LogP contribution in [0.2, 0.25) is 5.02 Å². The molecular weight excluding hydrogens is 368 g/mol. The fourth-order valence-electron chi connectivity index (χ4n) is 2.10. The molecule has 0 radical (unpaired) electrons. The van der Waals surface area contributed by atoms with Gasteiger partial charge in [0.15, 0.2) is 5.69 Å². The zero-order valence-corrected chi connectivity index (χ0v) is 13.5. The first kappa shape index (κ1) is 14.8. The largest absolute Gasteiger partial charge is 0.477 e. The highest BCUT2D eigenvalue weighted by atomic mass is 79.9. The molecule has 0 unspecified atom stereocenters. The summed E-state index contributed by atoms with van der Waals surface area (Å²) in [5.41, 5.74) is 2.12. The Bertz CT molecular complexity index is 844. The summed E-state index contributed by atoms with van der Waals surface area (Å²) in [6, 6.07) is 16.0. The van der Waals surface area contributed by atoms with Gasteiger partial charge in [0.25, 0.3) is 0 Å². The number of nitrogens with zero attached hydrogens (tertiary/aromatic N) is 2. The molecule has 4 nitrogen and oxygen atoms in total. The number of carboxylic acid groups (broad SMARTS) is 1. The molecule has 3 aromatic rings. The van der Waals surface area contributed by atoms with Gasteiger partial charge in [0.2, 0.25) is 0 Å². The molecule has 2 aromatic carbocycles. The SMILES string of the molecule is O=C(O)c1cc(-c2ccc(Br)cc2)nn1-c1cccc(Cl)c1. The van der Waals surface area contributed by atoms with Gasteiger partial charge >= 0.3 is 5.97 Å². The molecule has 1 N–H and O–H groups in total. The van der Waals surface area contributed by atoms with E-state index in [0.717, 1.165) is 10.0 Å². The van der Waals surface area contributed by atoms with E-state index in [9.17, 15) is 9.90 Å². The van der Waals surface area contributed by atoms with E-state index in [-0.39, 0.29) is 5.69 Å². The van der Waals surface area contributed by atoms with Crippen LogP contribution in [0.3, 0.4) is 0 Å². The second-order valence-electron chi connectivity index (χ2n) is 4.62. The van der Waals surface area contributed by atoms with Gasteiger partial charge in [0.05, 0.1) is 11.4 Å². The van der Waals surface area contributed by atoms with E-state index in [1.165, 1.54) is 4.68 Å². The Morgan fingerprint density at radius 1 is 1.14 bits per heavy atom. The van der Waals surface area contributed by atoms with Crippen molar-refractivity contribution in [2.24, 2.45) is 0 Å². The number of halogens is 2. The standard InChI is InChI=1S/C16H10BrClN2O2/c17-11-6-4-10(5-7-11)14-9-15(16(21)22)20(19-14)13-3-1-2-12(18)8-13/h1-9H,(H,21,22). The minimum absolute atomic E-state index is 0.0835. The van der Waals surface area contributed by atoms with Gasteiger partial charge in [-0.15, -0.1) is 0 Å². The summed E-state index contributed by atoms with van der Waals surface area (Å²) >= 11 is 9.35. The van der Waals surface area contributed by atoms with Crippen LogP contribution < -0.4 is 0 Å². The van der Waals surface area contributed by atoms with E-state index in [4.69, 9.17) is 11.6 Å². The molecule has 0 spiro atoms. The van der Waals surface area contributed by atoms with Crippen LogP contribution in [-0.4, -0.2) is 20.9 Å². The number of benzene rings is 2. The van der Waals surface area contributed by atoms with Crippen LogP contribution in [0, 0.1) is 0 Å². The Labute approximate surface area is 140 Å². The Hall–Kier alpha value is -2.11. The van der Waals surface area contributed by atoms with Crippen LogP contribution in [0.1, 0.15) is 10.5 Å². The fraction of sp³-hybridized carbons (Fsp3) is 0. The molecule has 0 atom stereocenters. The maximum Gasteiger partial charge on any atom is 0.354 e. The van der Waals surface area contributed by atoms with Gasteiger partial charge in [-0.25, -0.2) is 9.48 Å². The molecule has 1 heterocycles. The first-order valence-corrected chi connectivity index (χ1v) is 7.57. The third-order valence-electron chi connectivity index (χ3n) is 3.12. The van der Waals surface area contributed by atoms with Crippen molar-refractivity contribution in [3.05, 3.63) is 69.8 Å². The molecule has 0 saturated carbocycles.